The first kappa shape index (κ1) is 23.6. The second-order valence-electron chi connectivity index (χ2n) is 9.16. The molecule has 0 aromatic carbocycles. The zero-order chi connectivity index (χ0) is 21.8. The predicted molar refractivity (Wildman–Crippen MR) is 108 cm³/mol. The van der Waals surface area contributed by atoms with E-state index in [0.29, 0.717) is 24.9 Å². The molecule has 8 nitrogen and oxygen atoms in total. The van der Waals surface area contributed by atoms with Crippen molar-refractivity contribution in [2.45, 2.75) is 104 Å². The molecule has 1 aromatic rings. The van der Waals surface area contributed by atoms with Gasteiger partial charge in [-0.1, -0.05) is 25.9 Å². The Labute approximate surface area is 174 Å². The maximum atomic E-state index is 12.8. The zero-order valence-electron chi connectivity index (χ0n) is 19.2. The van der Waals surface area contributed by atoms with E-state index in [1.54, 1.807) is 4.90 Å². The SMILES string of the molecule is CCOC(C)OC(c1noc(C(C)(C)CC)n1)[C@@H]1CCCN1C(=O)OC(C)(C)C. The standard InChI is InChI=1S/C21H37N3O5/c1-9-21(7,8)18-22-17(23-29-18)16(27-14(3)26-10-2)15-12-11-13-24(15)19(25)28-20(4,5)6/h14-16H,9-13H2,1-8H3/t14?,15-,16?/m0/s1. The van der Waals surface area contributed by atoms with Crippen LogP contribution in [0.3, 0.4) is 0 Å². The van der Waals surface area contributed by atoms with Gasteiger partial charge in [0.05, 0.1) is 6.04 Å². The van der Waals surface area contributed by atoms with Crippen LogP contribution in [-0.2, 0) is 19.6 Å². The number of hydrogen-bond donors (Lipinski definition) is 0. The van der Waals surface area contributed by atoms with Gasteiger partial charge in [0, 0.05) is 18.6 Å². The van der Waals surface area contributed by atoms with E-state index in [0.717, 1.165) is 19.3 Å². The van der Waals surface area contributed by atoms with E-state index >= 15 is 0 Å². The van der Waals surface area contributed by atoms with Crippen LogP contribution in [0, 0.1) is 0 Å². The summed E-state index contributed by atoms with van der Waals surface area (Å²) in [6.45, 7) is 16.7. The lowest BCUT2D eigenvalue weighted by atomic mass is 9.90. The Balaban J connectivity index is 2.31. The van der Waals surface area contributed by atoms with Crippen LogP contribution in [0.4, 0.5) is 4.79 Å². The van der Waals surface area contributed by atoms with Gasteiger partial charge in [0.15, 0.2) is 6.29 Å². The highest BCUT2D eigenvalue weighted by Crippen LogP contribution is 2.34. The summed E-state index contributed by atoms with van der Waals surface area (Å²) in [5.74, 6) is 1.00. The minimum Gasteiger partial charge on any atom is -0.444 e. The quantitative estimate of drug-likeness (QED) is 0.578. The molecule has 166 valence electrons. The molecule has 29 heavy (non-hydrogen) atoms. The van der Waals surface area contributed by atoms with Crippen LogP contribution in [0.1, 0.15) is 92.5 Å². The molecular weight excluding hydrogens is 374 g/mol. The van der Waals surface area contributed by atoms with E-state index in [2.05, 4.69) is 30.9 Å². The van der Waals surface area contributed by atoms with Gasteiger partial charge < -0.3 is 23.6 Å². The Kier molecular flexibility index (Phi) is 7.67. The molecule has 0 radical (unpaired) electrons. The highest BCUT2D eigenvalue weighted by atomic mass is 16.7. The van der Waals surface area contributed by atoms with Gasteiger partial charge in [0.1, 0.15) is 11.7 Å². The fourth-order valence-corrected chi connectivity index (χ4v) is 3.24. The summed E-state index contributed by atoms with van der Waals surface area (Å²) in [5.41, 5.74) is -0.800. The monoisotopic (exact) mass is 411 g/mol. The number of carbonyl (C=O) groups is 1. The molecule has 0 N–H and O–H groups in total. The van der Waals surface area contributed by atoms with Crippen molar-refractivity contribution in [2.24, 2.45) is 0 Å². The number of carbonyl (C=O) groups excluding carboxylic acids is 1. The van der Waals surface area contributed by atoms with Crippen molar-refractivity contribution in [3.05, 3.63) is 11.7 Å². The van der Waals surface area contributed by atoms with Crippen molar-refractivity contribution in [3.8, 4) is 0 Å². The molecule has 8 heteroatoms. The van der Waals surface area contributed by atoms with E-state index in [1.165, 1.54) is 0 Å². The lowest BCUT2D eigenvalue weighted by Gasteiger charge is -2.33. The second-order valence-corrected chi connectivity index (χ2v) is 9.16. The summed E-state index contributed by atoms with van der Waals surface area (Å²) < 4.78 is 22.9. The number of ether oxygens (including phenoxy) is 3. The molecule has 2 rings (SSSR count). The highest BCUT2D eigenvalue weighted by molar-refractivity contribution is 5.69. The van der Waals surface area contributed by atoms with Crippen LogP contribution in [0.5, 0.6) is 0 Å². The third-order valence-corrected chi connectivity index (χ3v) is 5.18. The molecule has 1 fully saturated rings. The average molecular weight is 412 g/mol. The van der Waals surface area contributed by atoms with Crippen LogP contribution in [0.2, 0.25) is 0 Å². The van der Waals surface area contributed by atoms with Crippen LogP contribution in [-0.4, -0.2) is 52.2 Å². The number of aromatic nitrogens is 2. The van der Waals surface area contributed by atoms with Crippen molar-refractivity contribution in [1.82, 2.24) is 15.0 Å². The fourth-order valence-electron chi connectivity index (χ4n) is 3.24. The van der Waals surface area contributed by atoms with Gasteiger partial charge >= 0.3 is 6.09 Å². The van der Waals surface area contributed by atoms with Gasteiger partial charge in [-0.05, 0) is 53.9 Å². The van der Waals surface area contributed by atoms with E-state index in [1.807, 2.05) is 34.6 Å². The molecule has 0 bridgehead atoms. The van der Waals surface area contributed by atoms with Crippen molar-refractivity contribution in [2.75, 3.05) is 13.2 Å². The lowest BCUT2D eigenvalue weighted by Crippen LogP contribution is -2.44. The third kappa shape index (κ3) is 6.15. The lowest BCUT2D eigenvalue weighted by molar-refractivity contribution is -0.174. The maximum Gasteiger partial charge on any atom is 0.410 e. The van der Waals surface area contributed by atoms with Gasteiger partial charge in [0.25, 0.3) is 0 Å². The van der Waals surface area contributed by atoms with Crippen molar-refractivity contribution in [1.29, 1.82) is 0 Å². The Morgan fingerprint density at radius 1 is 1.28 bits per heavy atom. The first-order chi connectivity index (χ1) is 13.5. The van der Waals surface area contributed by atoms with Crippen LogP contribution in [0.15, 0.2) is 4.52 Å². The van der Waals surface area contributed by atoms with Gasteiger partial charge in [0.2, 0.25) is 11.7 Å². The smallest absolute Gasteiger partial charge is 0.410 e. The van der Waals surface area contributed by atoms with Gasteiger partial charge in [-0.25, -0.2) is 4.79 Å². The van der Waals surface area contributed by atoms with Gasteiger partial charge in [-0.15, -0.1) is 0 Å². The molecule has 0 spiro atoms. The van der Waals surface area contributed by atoms with Gasteiger partial charge in [-0.2, -0.15) is 4.98 Å². The minimum absolute atomic E-state index is 0.234. The molecule has 2 heterocycles. The fraction of sp³-hybridized carbons (Fsp3) is 0.857. The Morgan fingerprint density at radius 3 is 2.55 bits per heavy atom. The predicted octanol–water partition coefficient (Wildman–Crippen LogP) is 4.60. The summed E-state index contributed by atoms with van der Waals surface area (Å²) in [5, 5.41) is 4.21. The summed E-state index contributed by atoms with van der Waals surface area (Å²) in [4.78, 5) is 19.1. The summed E-state index contributed by atoms with van der Waals surface area (Å²) in [6, 6.07) is -0.247. The Bertz CT molecular complexity index is 668. The molecule has 0 aliphatic carbocycles. The second kappa shape index (κ2) is 9.43. The molecule has 1 aromatic heterocycles. The zero-order valence-corrected chi connectivity index (χ0v) is 19.2. The van der Waals surface area contributed by atoms with E-state index in [9.17, 15) is 4.79 Å². The molecule has 1 amide bonds. The first-order valence-electron chi connectivity index (χ1n) is 10.6. The van der Waals surface area contributed by atoms with Crippen molar-refractivity contribution in [3.63, 3.8) is 0 Å². The van der Waals surface area contributed by atoms with E-state index < -0.39 is 18.0 Å². The molecule has 1 saturated heterocycles. The molecule has 1 aliphatic heterocycles. The normalized spacial score (nSPS) is 20.0. The minimum atomic E-state index is -0.566. The topological polar surface area (TPSA) is 86.9 Å². The van der Waals surface area contributed by atoms with Crippen LogP contribution in [0.25, 0.3) is 0 Å². The molecule has 1 aliphatic rings. The average Bonchev–Trinajstić information content (AvgIpc) is 3.28. The summed E-state index contributed by atoms with van der Waals surface area (Å²) >= 11 is 0. The number of rotatable bonds is 8. The summed E-state index contributed by atoms with van der Waals surface area (Å²) in [6.07, 6.45) is 1.12. The third-order valence-electron chi connectivity index (χ3n) is 5.18. The van der Waals surface area contributed by atoms with E-state index in [4.69, 9.17) is 18.7 Å². The number of amides is 1. The molecular formula is C21H37N3O5. The Morgan fingerprint density at radius 2 is 1.97 bits per heavy atom. The molecule has 2 unspecified atom stereocenters. The number of hydrogen-bond acceptors (Lipinski definition) is 7. The van der Waals surface area contributed by atoms with Crippen molar-refractivity contribution >= 4 is 6.09 Å². The Hall–Kier alpha value is -1.67. The largest absolute Gasteiger partial charge is 0.444 e. The van der Waals surface area contributed by atoms with Crippen molar-refractivity contribution < 1.29 is 23.5 Å². The molecule has 0 saturated carbocycles. The van der Waals surface area contributed by atoms with Gasteiger partial charge in [-0.3, -0.25) is 0 Å². The molecule has 3 atom stereocenters. The number of nitrogens with zero attached hydrogens (tertiary/aromatic N) is 3. The van der Waals surface area contributed by atoms with E-state index in [-0.39, 0.29) is 17.6 Å². The van der Waals surface area contributed by atoms with Crippen LogP contribution >= 0.6 is 0 Å². The van der Waals surface area contributed by atoms with Crippen LogP contribution < -0.4 is 0 Å². The maximum absolute atomic E-state index is 12.8. The highest BCUT2D eigenvalue weighted by Gasteiger charge is 2.42. The first-order valence-corrected chi connectivity index (χ1v) is 10.6. The number of likely N-dealkylation sites (tertiary alicyclic amines) is 1. The summed E-state index contributed by atoms with van der Waals surface area (Å²) in [7, 11) is 0.